The first-order chi connectivity index (χ1) is 9.36. The molecule has 2 unspecified atom stereocenters. The van der Waals surface area contributed by atoms with Crippen molar-refractivity contribution in [2.45, 2.75) is 45.4 Å². The number of likely N-dealkylation sites (tertiary alicyclic amines) is 1. The molecule has 0 aromatic heterocycles. The van der Waals surface area contributed by atoms with Crippen LogP contribution in [0.1, 0.15) is 43.0 Å². The summed E-state index contributed by atoms with van der Waals surface area (Å²) in [4.78, 5) is 25.2. The lowest BCUT2D eigenvalue weighted by Crippen LogP contribution is -2.29. The van der Waals surface area contributed by atoms with Crippen molar-refractivity contribution in [3.8, 4) is 0 Å². The van der Waals surface area contributed by atoms with Crippen LogP contribution in [0.5, 0.6) is 0 Å². The number of aryl methyl sites for hydroxylation is 2. The first-order valence-electron chi connectivity index (χ1n) is 6.91. The number of thioether (sulfide) groups is 1. The highest BCUT2D eigenvalue weighted by molar-refractivity contribution is 8.14. The Kier molecular flexibility index (Phi) is 4.53. The Balaban J connectivity index is 2.14. The summed E-state index contributed by atoms with van der Waals surface area (Å²) in [6.45, 7) is 8.43. The fraction of sp³-hybridized carbons (Fsp3) is 0.500. The zero-order valence-corrected chi connectivity index (χ0v) is 13.3. The third-order valence-electron chi connectivity index (χ3n) is 3.65. The minimum Gasteiger partial charge on any atom is -0.335 e. The highest BCUT2D eigenvalue weighted by atomic mass is 32.2. The third-order valence-corrected chi connectivity index (χ3v) is 4.63. The maximum absolute atomic E-state index is 12.2. The van der Waals surface area contributed by atoms with Gasteiger partial charge in [0.05, 0.1) is 6.04 Å². The van der Waals surface area contributed by atoms with E-state index in [4.69, 9.17) is 0 Å². The predicted molar refractivity (Wildman–Crippen MR) is 82.7 cm³/mol. The van der Waals surface area contributed by atoms with Crippen LogP contribution in [0.4, 0.5) is 0 Å². The van der Waals surface area contributed by atoms with Crippen LogP contribution < -0.4 is 0 Å². The molecule has 1 saturated heterocycles. The largest absolute Gasteiger partial charge is 0.335 e. The summed E-state index contributed by atoms with van der Waals surface area (Å²) in [7, 11) is 0. The summed E-state index contributed by atoms with van der Waals surface area (Å²) in [5.41, 5.74) is 3.60. The standard InChI is InChI=1S/C16H21NO2S/c1-10-5-11(2)7-14(6-10)12(3)17-9-15(8-16(17)19)20-13(4)18/h5-7,12,15H,8-9H2,1-4H3. The van der Waals surface area contributed by atoms with Gasteiger partial charge in [0.1, 0.15) is 0 Å². The molecule has 0 N–H and O–H groups in total. The number of rotatable bonds is 3. The molecule has 0 spiro atoms. The second-order valence-corrected chi connectivity index (χ2v) is 7.06. The molecule has 1 fully saturated rings. The van der Waals surface area contributed by atoms with Crippen molar-refractivity contribution >= 4 is 22.8 Å². The summed E-state index contributed by atoms with van der Waals surface area (Å²) >= 11 is 1.29. The zero-order chi connectivity index (χ0) is 14.9. The Bertz CT molecular complexity index is 521. The second-order valence-electron chi connectivity index (χ2n) is 5.58. The highest BCUT2D eigenvalue weighted by Gasteiger charge is 2.34. The number of nitrogens with zero attached hydrogens (tertiary/aromatic N) is 1. The second kappa shape index (κ2) is 6.00. The van der Waals surface area contributed by atoms with Crippen LogP contribution in [0.25, 0.3) is 0 Å². The van der Waals surface area contributed by atoms with Crippen LogP contribution in [0.15, 0.2) is 18.2 Å². The SMILES string of the molecule is CC(=O)SC1CC(=O)N(C(C)c2cc(C)cc(C)c2)C1. The van der Waals surface area contributed by atoms with Crippen molar-refractivity contribution < 1.29 is 9.59 Å². The maximum atomic E-state index is 12.2. The van der Waals surface area contributed by atoms with E-state index in [0.717, 1.165) is 0 Å². The van der Waals surface area contributed by atoms with Crippen molar-refractivity contribution in [3.63, 3.8) is 0 Å². The molecule has 0 radical (unpaired) electrons. The number of benzene rings is 1. The quantitative estimate of drug-likeness (QED) is 0.858. The molecule has 1 aliphatic rings. The smallest absolute Gasteiger partial charge is 0.224 e. The summed E-state index contributed by atoms with van der Waals surface area (Å²) in [5.74, 6) is 0.149. The van der Waals surface area contributed by atoms with Crippen molar-refractivity contribution in [2.24, 2.45) is 0 Å². The Morgan fingerprint density at radius 1 is 1.30 bits per heavy atom. The van der Waals surface area contributed by atoms with Gasteiger partial charge >= 0.3 is 0 Å². The average molecular weight is 291 g/mol. The van der Waals surface area contributed by atoms with E-state index < -0.39 is 0 Å². The molecule has 3 nitrogen and oxygen atoms in total. The third kappa shape index (κ3) is 3.42. The molecule has 1 aliphatic heterocycles. The van der Waals surface area contributed by atoms with Crippen molar-refractivity contribution in [3.05, 3.63) is 34.9 Å². The Morgan fingerprint density at radius 2 is 1.90 bits per heavy atom. The van der Waals surface area contributed by atoms with Gasteiger partial charge in [-0.15, -0.1) is 0 Å². The zero-order valence-electron chi connectivity index (χ0n) is 12.5. The van der Waals surface area contributed by atoms with E-state index in [-0.39, 0.29) is 22.3 Å². The number of carbonyl (C=O) groups excluding carboxylic acids is 2. The first-order valence-corrected chi connectivity index (χ1v) is 7.79. The molecule has 1 aromatic rings. The van der Waals surface area contributed by atoms with Crippen LogP contribution >= 0.6 is 11.8 Å². The van der Waals surface area contributed by atoms with Crippen LogP contribution in [0.2, 0.25) is 0 Å². The lowest BCUT2D eigenvalue weighted by Gasteiger charge is -2.25. The minimum atomic E-state index is 0.0682. The van der Waals surface area contributed by atoms with Gasteiger partial charge in [0.25, 0.3) is 0 Å². The Labute approximate surface area is 124 Å². The Hall–Kier alpha value is -1.29. The van der Waals surface area contributed by atoms with Gasteiger partial charge in [-0.25, -0.2) is 0 Å². The first kappa shape index (κ1) is 15.1. The maximum Gasteiger partial charge on any atom is 0.224 e. The van der Waals surface area contributed by atoms with E-state index in [0.29, 0.717) is 13.0 Å². The monoisotopic (exact) mass is 291 g/mol. The molecule has 4 heteroatoms. The van der Waals surface area contributed by atoms with Crippen molar-refractivity contribution in [2.75, 3.05) is 6.54 Å². The van der Waals surface area contributed by atoms with Crippen LogP contribution in [-0.4, -0.2) is 27.7 Å². The summed E-state index contributed by atoms with van der Waals surface area (Å²) in [6, 6.07) is 6.47. The molecule has 1 amide bonds. The van der Waals surface area contributed by atoms with Crippen molar-refractivity contribution in [1.82, 2.24) is 4.90 Å². The predicted octanol–water partition coefficient (Wildman–Crippen LogP) is 3.25. The van der Waals surface area contributed by atoms with Gasteiger partial charge in [-0.3, -0.25) is 9.59 Å². The van der Waals surface area contributed by atoms with Gasteiger partial charge in [-0.05, 0) is 26.3 Å². The van der Waals surface area contributed by atoms with Crippen LogP contribution in [0, 0.1) is 13.8 Å². The van der Waals surface area contributed by atoms with Crippen LogP contribution in [-0.2, 0) is 9.59 Å². The molecular weight excluding hydrogens is 270 g/mol. The van der Waals surface area contributed by atoms with Gasteiger partial charge in [0.2, 0.25) is 5.91 Å². The molecule has 2 atom stereocenters. The molecule has 20 heavy (non-hydrogen) atoms. The number of hydrogen-bond acceptors (Lipinski definition) is 3. The van der Waals surface area contributed by atoms with E-state index >= 15 is 0 Å². The van der Waals surface area contributed by atoms with Crippen LogP contribution in [0.3, 0.4) is 0 Å². The van der Waals surface area contributed by atoms with E-state index in [9.17, 15) is 9.59 Å². The normalized spacial score (nSPS) is 20.3. The molecule has 1 heterocycles. The lowest BCUT2D eigenvalue weighted by molar-refractivity contribution is -0.129. The average Bonchev–Trinajstić information content (AvgIpc) is 2.67. The van der Waals surface area contributed by atoms with Gasteiger partial charge in [-0.2, -0.15) is 0 Å². The molecule has 108 valence electrons. The number of amides is 1. The van der Waals surface area contributed by atoms with Gasteiger partial charge in [0.15, 0.2) is 5.12 Å². The van der Waals surface area contributed by atoms with Crippen molar-refractivity contribution in [1.29, 1.82) is 0 Å². The fourth-order valence-electron chi connectivity index (χ4n) is 2.82. The van der Waals surface area contributed by atoms with Gasteiger partial charge in [0, 0.05) is 25.1 Å². The molecule has 0 aliphatic carbocycles. The molecule has 1 aromatic carbocycles. The fourth-order valence-corrected chi connectivity index (χ4v) is 3.75. The Morgan fingerprint density at radius 3 is 2.45 bits per heavy atom. The molecule has 0 bridgehead atoms. The van der Waals surface area contributed by atoms with E-state index in [2.05, 4.69) is 39.0 Å². The topological polar surface area (TPSA) is 37.4 Å². The lowest BCUT2D eigenvalue weighted by atomic mass is 10.0. The number of hydrogen-bond donors (Lipinski definition) is 0. The summed E-state index contributed by atoms with van der Waals surface area (Å²) in [6.07, 6.45) is 0.472. The van der Waals surface area contributed by atoms with Gasteiger partial charge < -0.3 is 4.90 Å². The highest BCUT2D eigenvalue weighted by Crippen LogP contribution is 2.31. The van der Waals surface area contributed by atoms with E-state index in [1.807, 2.05) is 4.90 Å². The van der Waals surface area contributed by atoms with Gasteiger partial charge in [-0.1, -0.05) is 41.1 Å². The molecule has 2 rings (SSSR count). The molecular formula is C16H21NO2S. The summed E-state index contributed by atoms with van der Waals surface area (Å²) in [5, 5.41) is 0.192. The summed E-state index contributed by atoms with van der Waals surface area (Å²) < 4.78 is 0. The van der Waals surface area contributed by atoms with E-state index in [1.165, 1.54) is 28.5 Å². The number of carbonyl (C=O) groups is 2. The minimum absolute atomic E-state index is 0.0682. The molecule has 0 saturated carbocycles. The van der Waals surface area contributed by atoms with E-state index in [1.54, 1.807) is 6.92 Å².